The van der Waals surface area contributed by atoms with E-state index in [0.29, 0.717) is 30.5 Å². The molecule has 0 bridgehead atoms. The lowest BCUT2D eigenvalue weighted by Crippen LogP contribution is -2.27. The van der Waals surface area contributed by atoms with Gasteiger partial charge in [-0.05, 0) is 25.3 Å². The number of benzene rings is 1. The van der Waals surface area contributed by atoms with Gasteiger partial charge >= 0.3 is 5.97 Å². The molecule has 5 heteroatoms. The number of nitrogens with one attached hydrogen (secondary N) is 1. The van der Waals surface area contributed by atoms with E-state index in [4.69, 9.17) is 9.47 Å². The van der Waals surface area contributed by atoms with Crippen molar-refractivity contribution >= 4 is 5.97 Å². The SMILES string of the molecule is CCCC(Oc1cc(OC)ccc1CNC1CC1)C(=O)O. The fourth-order valence-corrected chi connectivity index (χ4v) is 2.11. The largest absolute Gasteiger partial charge is 0.497 e. The second-order valence-corrected chi connectivity index (χ2v) is 5.36. The minimum absolute atomic E-state index is 0.488. The van der Waals surface area contributed by atoms with Crippen LogP contribution in [-0.4, -0.2) is 30.3 Å². The molecular weight excluding hydrogens is 270 g/mol. The number of aliphatic carboxylic acids is 1. The Labute approximate surface area is 125 Å². The van der Waals surface area contributed by atoms with Gasteiger partial charge in [0.05, 0.1) is 7.11 Å². The standard InChI is InChI=1S/C16H23NO4/c1-3-4-14(16(18)19)21-15-9-13(20-2)8-5-11(15)10-17-12-6-7-12/h5,8-9,12,14,17H,3-4,6-7,10H2,1-2H3,(H,18,19). The predicted molar refractivity (Wildman–Crippen MR) is 79.8 cm³/mol. The molecule has 1 aromatic rings. The predicted octanol–water partition coefficient (Wildman–Crippen LogP) is 2.58. The normalized spacial score (nSPS) is 15.5. The Bertz CT molecular complexity index is 485. The zero-order valence-electron chi connectivity index (χ0n) is 12.6. The van der Waals surface area contributed by atoms with E-state index in [0.717, 1.165) is 12.0 Å². The summed E-state index contributed by atoms with van der Waals surface area (Å²) in [4.78, 5) is 11.3. The molecule has 1 aliphatic carbocycles. The maximum Gasteiger partial charge on any atom is 0.344 e. The maximum absolute atomic E-state index is 11.3. The molecule has 1 unspecified atom stereocenters. The van der Waals surface area contributed by atoms with Crippen molar-refractivity contribution in [2.45, 2.75) is 51.3 Å². The average Bonchev–Trinajstić information content (AvgIpc) is 3.29. The topological polar surface area (TPSA) is 67.8 Å². The highest BCUT2D eigenvalue weighted by molar-refractivity contribution is 5.72. The van der Waals surface area contributed by atoms with Gasteiger partial charge in [-0.3, -0.25) is 0 Å². The third-order valence-electron chi connectivity index (χ3n) is 3.53. The van der Waals surface area contributed by atoms with Gasteiger partial charge in [0.2, 0.25) is 0 Å². The number of hydrogen-bond acceptors (Lipinski definition) is 4. The van der Waals surface area contributed by atoms with Gasteiger partial charge < -0.3 is 19.9 Å². The monoisotopic (exact) mass is 293 g/mol. The molecule has 0 amide bonds. The number of hydrogen-bond donors (Lipinski definition) is 2. The second-order valence-electron chi connectivity index (χ2n) is 5.36. The lowest BCUT2D eigenvalue weighted by molar-refractivity contribution is -0.145. The van der Waals surface area contributed by atoms with E-state index >= 15 is 0 Å². The zero-order valence-corrected chi connectivity index (χ0v) is 12.6. The molecular formula is C16H23NO4. The van der Waals surface area contributed by atoms with Gasteiger partial charge in [-0.25, -0.2) is 4.79 Å². The smallest absolute Gasteiger partial charge is 0.344 e. The van der Waals surface area contributed by atoms with Crippen LogP contribution in [0.3, 0.4) is 0 Å². The molecule has 1 aromatic carbocycles. The van der Waals surface area contributed by atoms with E-state index in [1.54, 1.807) is 13.2 Å². The summed E-state index contributed by atoms with van der Waals surface area (Å²) in [6.07, 6.45) is 2.85. The van der Waals surface area contributed by atoms with Crippen molar-refractivity contribution in [2.75, 3.05) is 7.11 Å². The van der Waals surface area contributed by atoms with Crippen LogP contribution in [0.25, 0.3) is 0 Å². The summed E-state index contributed by atoms with van der Waals surface area (Å²) in [5, 5.41) is 12.7. The Hall–Kier alpha value is -1.75. The summed E-state index contributed by atoms with van der Waals surface area (Å²) in [5.74, 6) is 0.324. The number of ether oxygens (including phenoxy) is 2. The summed E-state index contributed by atoms with van der Waals surface area (Å²) in [6, 6.07) is 6.14. The minimum atomic E-state index is -0.930. The molecule has 1 fully saturated rings. The maximum atomic E-state index is 11.3. The zero-order chi connectivity index (χ0) is 15.2. The first-order valence-electron chi connectivity index (χ1n) is 7.43. The van der Waals surface area contributed by atoms with Crippen LogP contribution in [0.4, 0.5) is 0 Å². The van der Waals surface area contributed by atoms with Gasteiger partial charge in [-0.2, -0.15) is 0 Å². The van der Waals surface area contributed by atoms with Crippen LogP contribution < -0.4 is 14.8 Å². The van der Waals surface area contributed by atoms with Crippen LogP contribution in [0.1, 0.15) is 38.2 Å². The molecule has 0 heterocycles. The highest BCUT2D eigenvalue weighted by Crippen LogP contribution is 2.28. The molecule has 0 radical (unpaired) electrons. The Morgan fingerprint density at radius 2 is 2.24 bits per heavy atom. The van der Waals surface area contributed by atoms with Crippen LogP contribution in [0.5, 0.6) is 11.5 Å². The summed E-state index contributed by atoms with van der Waals surface area (Å²) >= 11 is 0. The van der Waals surface area contributed by atoms with Gasteiger partial charge in [0.1, 0.15) is 11.5 Å². The molecule has 0 saturated heterocycles. The van der Waals surface area contributed by atoms with E-state index in [1.165, 1.54) is 12.8 Å². The molecule has 116 valence electrons. The molecule has 0 aliphatic heterocycles. The van der Waals surface area contributed by atoms with Crippen molar-refractivity contribution < 1.29 is 19.4 Å². The lowest BCUT2D eigenvalue weighted by atomic mass is 10.1. The van der Waals surface area contributed by atoms with Gasteiger partial charge in [-0.1, -0.05) is 19.4 Å². The molecule has 21 heavy (non-hydrogen) atoms. The molecule has 1 saturated carbocycles. The Morgan fingerprint density at radius 1 is 1.48 bits per heavy atom. The van der Waals surface area contributed by atoms with Gasteiger partial charge in [-0.15, -0.1) is 0 Å². The number of carboxylic acid groups (broad SMARTS) is 1. The Kier molecular flexibility index (Phi) is 5.44. The van der Waals surface area contributed by atoms with Gasteiger partial charge in [0, 0.05) is 24.2 Å². The second kappa shape index (κ2) is 7.31. The number of carbonyl (C=O) groups is 1. The van der Waals surface area contributed by atoms with E-state index in [-0.39, 0.29) is 0 Å². The van der Waals surface area contributed by atoms with E-state index in [2.05, 4.69) is 5.32 Å². The summed E-state index contributed by atoms with van der Waals surface area (Å²) < 4.78 is 10.9. The third-order valence-corrected chi connectivity index (χ3v) is 3.53. The van der Waals surface area contributed by atoms with Gasteiger partial charge in [0.15, 0.2) is 6.10 Å². The molecule has 2 N–H and O–H groups in total. The molecule has 1 aliphatic rings. The minimum Gasteiger partial charge on any atom is -0.497 e. The van der Waals surface area contributed by atoms with Crippen molar-refractivity contribution in [3.8, 4) is 11.5 Å². The molecule has 1 atom stereocenters. The highest BCUT2D eigenvalue weighted by atomic mass is 16.5. The Balaban J connectivity index is 2.13. The average molecular weight is 293 g/mol. The van der Waals surface area contributed by atoms with Crippen LogP contribution in [-0.2, 0) is 11.3 Å². The molecule has 0 spiro atoms. The van der Waals surface area contributed by atoms with Crippen LogP contribution in [0.15, 0.2) is 18.2 Å². The quantitative estimate of drug-likeness (QED) is 0.732. The molecule has 5 nitrogen and oxygen atoms in total. The van der Waals surface area contributed by atoms with Crippen molar-refractivity contribution in [2.24, 2.45) is 0 Å². The van der Waals surface area contributed by atoms with E-state index in [9.17, 15) is 9.90 Å². The van der Waals surface area contributed by atoms with Crippen molar-refractivity contribution in [3.05, 3.63) is 23.8 Å². The first-order valence-corrected chi connectivity index (χ1v) is 7.43. The molecule has 0 aromatic heterocycles. The summed E-state index contributed by atoms with van der Waals surface area (Å²) in [5.41, 5.74) is 0.963. The first kappa shape index (κ1) is 15.6. The molecule has 2 rings (SSSR count). The first-order chi connectivity index (χ1) is 10.1. The lowest BCUT2D eigenvalue weighted by Gasteiger charge is -2.18. The fourth-order valence-electron chi connectivity index (χ4n) is 2.11. The third kappa shape index (κ3) is 4.63. The van der Waals surface area contributed by atoms with Crippen molar-refractivity contribution in [1.82, 2.24) is 5.32 Å². The summed E-state index contributed by atoms with van der Waals surface area (Å²) in [6.45, 7) is 2.63. The van der Waals surface area contributed by atoms with E-state index < -0.39 is 12.1 Å². The summed E-state index contributed by atoms with van der Waals surface area (Å²) in [7, 11) is 1.59. The van der Waals surface area contributed by atoms with Crippen LogP contribution in [0.2, 0.25) is 0 Å². The highest BCUT2D eigenvalue weighted by Gasteiger charge is 2.23. The van der Waals surface area contributed by atoms with Crippen LogP contribution in [0, 0.1) is 0 Å². The number of methoxy groups -OCH3 is 1. The van der Waals surface area contributed by atoms with Crippen LogP contribution >= 0.6 is 0 Å². The van der Waals surface area contributed by atoms with Crippen molar-refractivity contribution in [1.29, 1.82) is 0 Å². The fraction of sp³-hybridized carbons (Fsp3) is 0.562. The number of rotatable bonds is 9. The number of carboxylic acids is 1. The van der Waals surface area contributed by atoms with Crippen molar-refractivity contribution in [3.63, 3.8) is 0 Å². The Morgan fingerprint density at radius 3 is 2.81 bits per heavy atom. The van der Waals surface area contributed by atoms with E-state index in [1.807, 2.05) is 19.1 Å². The van der Waals surface area contributed by atoms with Gasteiger partial charge in [0.25, 0.3) is 0 Å².